The fourth-order valence-corrected chi connectivity index (χ4v) is 4.98. The number of aryl methyl sites for hydroxylation is 1. The molecule has 0 bridgehead atoms. The first-order valence-corrected chi connectivity index (χ1v) is 12.0. The van der Waals surface area contributed by atoms with Crippen LogP contribution in [-0.2, 0) is 6.54 Å². The number of aliphatic hydroxyl groups is 1. The Morgan fingerprint density at radius 3 is 2.31 bits per heavy atom. The minimum absolute atomic E-state index is 0.502. The first kappa shape index (κ1) is 22.1. The lowest BCUT2D eigenvalue weighted by atomic mass is 10.0. The third-order valence-electron chi connectivity index (χ3n) is 6.75. The fraction of sp³-hybridized carbons (Fsp3) is 0.133. The van der Waals surface area contributed by atoms with E-state index in [0.29, 0.717) is 5.69 Å². The summed E-state index contributed by atoms with van der Waals surface area (Å²) >= 11 is 0. The van der Waals surface area contributed by atoms with E-state index in [1.807, 2.05) is 59.3 Å². The average Bonchev–Trinajstić information content (AvgIpc) is 3.52. The highest BCUT2D eigenvalue weighted by molar-refractivity contribution is 6.08. The van der Waals surface area contributed by atoms with E-state index in [2.05, 4.69) is 64.3 Å². The number of aromatic nitrogens is 4. The largest absolute Gasteiger partial charge is 0.497 e. The summed E-state index contributed by atoms with van der Waals surface area (Å²) in [5.74, 6) is 0.734. The molecule has 6 rings (SSSR count). The highest BCUT2D eigenvalue weighted by atomic mass is 16.5. The van der Waals surface area contributed by atoms with Gasteiger partial charge in [-0.3, -0.25) is 0 Å². The van der Waals surface area contributed by atoms with Gasteiger partial charge in [0.15, 0.2) is 0 Å². The monoisotopic (exact) mass is 474 g/mol. The summed E-state index contributed by atoms with van der Waals surface area (Å²) in [4.78, 5) is 0. The number of nitrogens with zero attached hydrogens (tertiary/aromatic N) is 4. The Labute approximate surface area is 209 Å². The Balaban J connectivity index is 1.54. The second-order valence-electron chi connectivity index (χ2n) is 8.74. The van der Waals surface area contributed by atoms with E-state index in [1.165, 1.54) is 16.4 Å². The van der Waals surface area contributed by atoms with Crippen LogP contribution in [0.5, 0.6) is 5.75 Å². The van der Waals surface area contributed by atoms with Crippen LogP contribution in [0.25, 0.3) is 38.8 Å². The summed E-state index contributed by atoms with van der Waals surface area (Å²) in [6.45, 7) is 3.05. The van der Waals surface area contributed by atoms with Crippen molar-refractivity contribution in [1.82, 2.24) is 19.6 Å². The van der Waals surface area contributed by atoms with Crippen molar-refractivity contribution in [3.8, 4) is 22.7 Å². The molecule has 4 aromatic carbocycles. The maximum Gasteiger partial charge on any atom is 0.125 e. The number of ether oxygens (including phenoxy) is 1. The number of para-hydroxylation sites is 1. The second-order valence-corrected chi connectivity index (χ2v) is 8.74. The van der Waals surface area contributed by atoms with Crippen LogP contribution in [0.4, 0.5) is 0 Å². The van der Waals surface area contributed by atoms with E-state index in [1.54, 1.807) is 7.11 Å². The van der Waals surface area contributed by atoms with Crippen LogP contribution < -0.4 is 4.74 Å². The summed E-state index contributed by atoms with van der Waals surface area (Å²) in [7, 11) is 1.62. The summed E-state index contributed by atoms with van der Waals surface area (Å²) in [5, 5.41) is 22.7. The van der Waals surface area contributed by atoms with E-state index in [0.717, 1.165) is 40.2 Å². The smallest absolute Gasteiger partial charge is 0.125 e. The van der Waals surface area contributed by atoms with Crippen molar-refractivity contribution in [3.63, 3.8) is 0 Å². The Kier molecular flexibility index (Phi) is 5.51. The van der Waals surface area contributed by atoms with Gasteiger partial charge in [0, 0.05) is 33.9 Å². The number of fused-ring (bicyclic) bond motifs is 3. The molecular weight excluding hydrogens is 448 g/mol. The molecule has 6 aromatic rings. The molecule has 0 aliphatic heterocycles. The molecule has 0 saturated carbocycles. The minimum atomic E-state index is -0.939. The van der Waals surface area contributed by atoms with Gasteiger partial charge in [-0.15, -0.1) is 5.10 Å². The van der Waals surface area contributed by atoms with Gasteiger partial charge in [0.1, 0.15) is 23.2 Å². The van der Waals surface area contributed by atoms with Gasteiger partial charge in [-0.25, -0.2) is 4.68 Å². The minimum Gasteiger partial charge on any atom is -0.497 e. The molecule has 2 aromatic heterocycles. The molecule has 2 heterocycles. The normalized spacial score (nSPS) is 12.3. The lowest BCUT2D eigenvalue weighted by Crippen LogP contribution is -2.04. The van der Waals surface area contributed by atoms with E-state index in [4.69, 9.17) is 4.74 Å². The average molecular weight is 475 g/mol. The van der Waals surface area contributed by atoms with E-state index < -0.39 is 6.10 Å². The second kappa shape index (κ2) is 8.98. The highest BCUT2D eigenvalue weighted by Gasteiger charge is 2.24. The summed E-state index contributed by atoms with van der Waals surface area (Å²) in [6, 6.07) is 32.2. The number of hydrogen-bond acceptors (Lipinski definition) is 4. The molecule has 6 heteroatoms. The van der Waals surface area contributed by atoms with Gasteiger partial charge in [-0.2, -0.15) is 0 Å². The zero-order valence-corrected chi connectivity index (χ0v) is 20.2. The predicted molar refractivity (Wildman–Crippen MR) is 143 cm³/mol. The van der Waals surface area contributed by atoms with E-state index >= 15 is 0 Å². The summed E-state index contributed by atoms with van der Waals surface area (Å²) in [5.41, 5.74) is 6.20. The molecule has 178 valence electrons. The van der Waals surface area contributed by atoms with Crippen molar-refractivity contribution in [1.29, 1.82) is 0 Å². The molecule has 0 saturated heterocycles. The van der Waals surface area contributed by atoms with Gasteiger partial charge in [0.2, 0.25) is 0 Å². The fourth-order valence-electron chi connectivity index (χ4n) is 4.98. The zero-order valence-electron chi connectivity index (χ0n) is 20.2. The topological polar surface area (TPSA) is 65.1 Å². The SMILES string of the molecule is CCn1c2ccccc2c2cc(-n3nnc(C(O)c4ccc(OC)cc4)c3-c3ccccc3)ccc21. The third-order valence-corrected chi connectivity index (χ3v) is 6.75. The number of aliphatic hydroxyl groups excluding tert-OH is 1. The molecule has 1 unspecified atom stereocenters. The van der Waals surface area contributed by atoms with Crippen LogP contribution in [0.15, 0.2) is 97.1 Å². The van der Waals surface area contributed by atoms with Gasteiger partial charge in [0.05, 0.1) is 12.8 Å². The summed E-state index contributed by atoms with van der Waals surface area (Å²) < 4.78 is 9.42. The molecule has 1 N–H and O–H groups in total. The van der Waals surface area contributed by atoms with Crippen molar-refractivity contribution < 1.29 is 9.84 Å². The zero-order chi connectivity index (χ0) is 24.6. The van der Waals surface area contributed by atoms with Crippen molar-refractivity contribution in [3.05, 3.63) is 108 Å². The predicted octanol–water partition coefficient (Wildman–Crippen LogP) is 6.15. The molecule has 0 amide bonds. The number of rotatable bonds is 6. The van der Waals surface area contributed by atoms with Gasteiger partial charge in [0.25, 0.3) is 0 Å². The van der Waals surface area contributed by atoms with Gasteiger partial charge in [-0.1, -0.05) is 65.9 Å². The van der Waals surface area contributed by atoms with Crippen molar-refractivity contribution >= 4 is 21.8 Å². The first-order valence-electron chi connectivity index (χ1n) is 12.0. The molecule has 6 nitrogen and oxygen atoms in total. The van der Waals surface area contributed by atoms with Crippen LogP contribution in [0.1, 0.15) is 24.3 Å². The number of methoxy groups -OCH3 is 1. The first-order chi connectivity index (χ1) is 17.7. The van der Waals surface area contributed by atoms with Gasteiger partial charge in [-0.05, 0) is 48.9 Å². The lowest BCUT2D eigenvalue weighted by Gasteiger charge is -2.13. The van der Waals surface area contributed by atoms with Gasteiger partial charge < -0.3 is 14.4 Å². The Bertz CT molecular complexity index is 1670. The number of benzene rings is 4. The molecule has 0 radical (unpaired) electrons. The third kappa shape index (κ3) is 3.54. The van der Waals surface area contributed by atoms with Crippen molar-refractivity contribution in [2.24, 2.45) is 0 Å². The standard InChI is InChI=1S/C30H26N4O2/c1-3-33-26-12-8-7-11-24(26)25-19-22(15-18-27(25)33)34-29(20-9-5-4-6-10-20)28(31-32-34)30(35)21-13-16-23(36-2)17-14-21/h4-19,30,35H,3H2,1-2H3. The molecular formula is C30H26N4O2. The molecule has 0 aliphatic rings. The highest BCUT2D eigenvalue weighted by Crippen LogP contribution is 2.35. The van der Waals surface area contributed by atoms with Crippen molar-refractivity contribution in [2.45, 2.75) is 19.6 Å². The molecule has 0 fully saturated rings. The molecule has 0 spiro atoms. The van der Waals surface area contributed by atoms with E-state index in [-0.39, 0.29) is 0 Å². The molecule has 36 heavy (non-hydrogen) atoms. The Morgan fingerprint density at radius 2 is 1.56 bits per heavy atom. The quantitative estimate of drug-likeness (QED) is 0.314. The van der Waals surface area contributed by atoms with Crippen molar-refractivity contribution in [2.75, 3.05) is 7.11 Å². The van der Waals surface area contributed by atoms with Crippen LogP contribution in [0.3, 0.4) is 0 Å². The maximum atomic E-state index is 11.3. The Hall–Kier alpha value is -4.42. The Morgan fingerprint density at radius 1 is 0.833 bits per heavy atom. The lowest BCUT2D eigenvalue weighted by molar-refractivity contribution is 0.215. The summed E-state index contributed by atoms with van der Waals surface area (Å²) in [6.07, 6.45) is -0.939. The van der Waals surface area contributed by atoms with Crippen LogP contribution in [0.2, 0.25) is 0 Å². The number of hydrogen-bond donors (Lipinski definition) is 1. The van der Waals surface area contributed by atoms with Crippen LogP contribution in [-0.4, -0.2) is 31.8 Å². The van der Waals surface area contributed by atoms with Crippen LogP contribution in [0, 0.1) is 0 Å². The van der Waals surface area contributed by atoms with E-state index in [9.17, 15) is 5.11 Å². The molecule has 1 atom stereocenters. The molecule has 0 aliphatic carbocycles. The van der Waals surface area contributed by atoms with Crippen LogP contribution >= 0.6 is 0 Å². The van der Waals surface area contributed by atoms with Gasteiger partial charge >= 0.3 is 0 Å². The maximum absolute atomic E-state index is 11.3.